The van der Waals surface area contributed by atoms with E-state index in [-0.39, 0.29) is 5.82 Å². The van der Waals surface area contributed by atoms with Gasteiger partial charge in [0.2, 0.25) is 0 Å². The van der Waals surface area contributed by atoms with Gasteiger partial charge in [-0.15, -0.1) is 0 Å². The summed E-state index contributed by atoms with van der Waals surface area (Å²) in [6.45, 7) is 0.694. The summed E-state index contributed by atoms with van der Waals surface area (Å²) in [7, 11) is 0. The van der Waals surface area contributed by atoms with Crippen LogP contribution in [0.4, 0.5) is 10.2 Å². The molecular weight excluding hydrogens is 327 g/mol. The van der Waals surface area contributed by atoms with Crippen LogP contribution in [0.2, 0.25) is 0 Å². The molecule has 0 unspecified atom stereocenters. The van der Waals surface area contributed by atoms with Gasteiger partial charge in [0.25, 0.3) is 0 Å². The first-order valence-electron chi connectivity index (χ1n) is 8.45. The number of nitrogens with one attached hydrogen (secondary N) is 1. The minimum atomic E-state index is -0.218. The van der Waals surface area contributed by atoms with Crippen molar-refractivity contribution in [3.8, 4) is 11.4 Å². The van der Waals surface area contributed by atoms with Gasteiger partial charge in [0.05, 0.1) is 5.52 Å². The van der Waals surface area contributed by atoms with Crippen LogP contribution < -0.4 is 5.32 Å². The SMILES string of the molecule is Fc1ccc(CCNc2nc(-c3cccnc3)nc3ccccc23)cc1. The predicted molar refractivity (Wildman–Crippen MR) is 101 cm³/mol. The number of halogens is 1. The van der Waals surface area contributed by atoms with Crippen molar-refractivity contribution < 1.29 is 4.39 Å². The lowest BCUT2D eigenvalue weighted by Gasteiger charge is -2.11. The van der Waals surface area contributed by atoms with E-state index < -0.39 is 0 Å². The third kappa shape index (κ3) is 3.52. The first-order chi connectivity index (χ1) is 12.8. The highest BCUT2D eigenvalue weighted by Crippen LogP contribution is 2.24. The van der Waals surface area contributed by atoms with Crippen molar-refractivity contribution in [1.82, 2.24) is 15.0 Å². The molecule has 0 spiro atoms. The molecule has 2 aromatic heterocycles. The summed E-state index contributed by atoms with van der Waals surface area (Å²) in [5.41, 5.74) is 2.83. The topological polar surface area (TPSA) is 50.7 Å². The van der Waals surface area contributed by atoms with Crippen LogP contribution in [0.15, 0.2) is 73.1 Å². The molecule has 0 aliphatic carbocycles. The molecule has 0 aliphatic rings. The maximum absolute atomic E-state index is 13.0. The quantitative estimate of drug-likeness (QED) is 0.580. The fourth-order valence-electron chi connectivity index (χ4n) is 2.81. The molecule has 2 aromatic carbocycles. The zero-order valence-electron chi connectivity index (χ0n) is 14.1. The normalized spacial score (nSPS) is 10.8. The maximum atomic E-state index is 13.0. The Balaban J connectivity index is 1.61. The Morgan fingerprint density at radius 1 is 0.885 bits per heavy atom. The molecule has 0 atom stereocenters. The lowest BCUT2D eigenvalue weighted by atomic mass is 10.1. The zero-order valence-corrected chi connectivity index (χ0v) is 14.1. The van der Waals surface area contributed by atoms with Crippen LogP contribution in [-0.4, -0.2) is 21.5 Å². The fourth-order valence-corrected chi connectivity index (χ4v) is 2.81. The number of nitrogens with zero attached hydrogens (tertiary/aromatic N) is 3. The standard InChI is InChI=1S/C21H17FN4/c22-17-9-7-15(8-10-17)11-13-24-21-18-5-1-2-6-19(18)25-20(26-21)16-4-3-12-23-14-16/h1-10,12,14H,11,13H2,(H,24,25,26). The first kappa shape index (κ1) is 16.1. The fraction of sp³-hybridized carbons (Fsp3) is 0.0952. The van der Waals surface area contributed by atoms with Crippen molar-refractivity contribution in [3.63, 3.8) is 0 Å². The molecule has 4 nitrogen and oxygen atoms in total. The minimum absolute atomic E-state index is 0.218. The Hall–Kier alpha value is -3.34. The number of fused-ring (bicyclic) bond motifs is 1. The average molecular weight is 344 g/mol. The molecule has 0 radical (unpaired) electrons. The van der Waals surface area contributed by atoms with Crippen LogP contribution in [0.1, 0.15) is 5.56 Å². The molecule has 1 N–H and O–H groups in total. The highest BCUT2D eigenvalue weighted by atomic mass is 19.1. The second-order valence-electron chi connectivity index (χ2n) is 5.96. The van der Waals surface area contributed by atoms with Crippen LogP contribution in [-0.2, 0) is 6.42 Å². The van der Waals surface area contributed by atoms with Crippen LogP contribution in [0.5, 0.6) is 0 Å². The second kappa shape index (κ2) is 7.27. The van der Waals surface area contributed by atoms with Crippen molar-refractivity contribution in [2.24, 2.45) is 0 Å². The number of para-hydroxylation sites is 1. The molecule has 0 amide bonds. The lowest BCUT2D eigenvalue weighted by molar-refractivity contribution is 0.627. The summed E-state index contributed by atoms with van der Waals surface area (Å²) >= 11 is 0. The van der Waals surface area contributed by atoms with Gasteiger partial charge in [0.1, 0.15) is 11.6 Å². The van der Waals surface area contributed by atoms with Crippen molar-refractivity contribution in [1.29, 1.82) is 0 Å². The summed E-state index contributed by atoms with van der Waals surface area (Å²) in [4.78, 5) is 13.5. The molecule has 0 saturated carbocycles. The van der Waals surface area contributed by atoms with Gasteiger partial charge >= 0.3 is 0 Å². The summed E-state index contributed by atoms with van der Waals surface area (Å²) in [6, 6.07) is 18.3. The number of anilines is 1. The third-order valence-corrected chi connectivity index (χ3v) is 4.14. The van der Waals surface area contributed by atoms with E-state index in [9.17, 15) is 4.39 Å². The monoisotopic (exact) mass is 344 g/mol. The Bertz CT molecular complexity index is 1020. The molecule has 26 heavy (non-hydrogen) atoms. The number of aromatic nitrogens is 3. The Morgan fingerprint density at radius 3 is 2.54 bits per heavy atom. The van der Waals surface area contributed by atoms with E-state index in [0.717, 1.165) is 34.3 Å². The number of pyridine rings is 1. The van der Waals surface area contributed by atoms with Gasteiger partial charge in [0.15, 0.2) is 5.82 Å². The van der Waals surface area contributed by atoms with Gasteiger partial charge in [-0.3, -0.25) is 4.98 Å². The number of hydrogen-bond acceptors (Lipinski definition) is 4. The number of rotatable bonds is 5. The largest absolute Gasteiger partial charge is 0.369 e. The summed E-state index contributed by atoms with van der Waals surface area (Å²) in [5, 5.41) is 4.37. The molecular formula is C21H17FN4. The third-order valence-electron chi connectivity index (χ3n) is 4.14. The van der Waals surface area contributed by atoms with Gasteiger partial charge in [-0.2, -0.15) is 0 Å². The molecule has 0 aliphatic heterocycles. The van der Waals surface area contributed by atoms with Crippen LogP contribution in [0.3, 0.4) is 0 Å². The smallest absolute Gasteiger partial charge is 0.163 e. The van der Waals surface area contributed by atoms with Crippen molar-refractivity contribution in [2.75, 3.05) is 11.9 Å². The summed E-state index contributed by atoms with van der Waals surface area (Å²) in [6.07, 6.45) is 4.26. The first-order valence-corrected chi connectivity index (χ1v) is 8.45. The van der Waals surface area contributed by atoms with E-state index in [1.165, 1.54) is 12.1 Å². The van der Waals surface area contributed by atoms with E-state index in [4.69, 9.17) is 4.98 Å². The Morgan fingerprint density at radius 2 is 1.73 bits per heavy atom. The number of hydrogen-bond donors (Lipinski definition) is 1. The van der Waals surface area contributed by atoms with Crippen molar-refractivity contribution >= 4 is 16.7 Å². The van der Waals surface area contributed by atoms with E-state index in [0.29, 0.717) is 12.4 Å². The lowest BCUT2D eigenvalue weighted by Crippen LogP contribution is -2.08. The minimum Gasteiger partial charge on any atom is -0.369 e. The van der Waals surface area contributed by atoms with E-state index in [1.807, 2.05) is 36.4 Å². The van der Waals surface area contributed by atoms with Gasteiger partial charge < -0.3 is 5.32 Å². The summed E-state index contributed by atoms with van der Waals surface area (Å²) in [5.74, 6) is 1.21. The van der Waals surface area contributed by atoms with Gasteiger partial charge in [0, 0.05) is 29.9 Å². The molecule has 0 bridgehead atoms. The molecule has 4 rings (SSSR count). The predicted octanol–water partition coefficient (Wildman–Crippen LogP) is 4.49. The Kier molecular flexibility index (Phi) is 4.51. The molecule has 4 aromatic rings. The van der Waals surface area contributed by atoms with E-state index >= 15 is 0 Å². The van der Waals surface area contributed by atoms with Crippen LogP contribution in [0, 0.1) is 5.82 Å². The van der Waals surface area contributed by atoms with Gasteiger partial charge in [-0.1, -0.05) is 24.3 Å². The van der Waals surface area contributed by atoms with Crippen molar-refractivity contribution in [3.05, 3.63) is 84.4 Å². The average Bonchev–Trinajstić information content (AvgIpc) is 2.70. The molecule has 5 heteroatoms. The molecule has 0 saturated heterocycles. The van der Waals surface area contributed by atoms with E-state index in [2.05, 4.69) is 15.3 Å². The highest BCUT2D eigenvalue weighted by Gasteiger charge is 2.09. The van der Waals surface area contributed by atoms with Gasteiger partial charge in [-0.25, -0.2) is 14.4 Å². The summed E-state index contributed by atoms with van der Waals surface area (Å²) < 4.78 is 13.0. The number of benzene rings is 2. The molecule has 128 valence electrons. The van der Waals surface area contributed by atoms with Gasteiger partial charge in [-0.05, 0) is 48.4 Å². The van der Waals surface area contributed by atoms with Crippen molar-refractivity contribution in [2.45, 2.75) is 6.42 Å². The highest BCUT2D eigenvalue weighted by molar-refractivity contribution is 5.90. The molecule has 0 fully saturated rings. The van der Waals surface area contributed by atoms with Crippen LogP contribution in [0.25, 0.3) is 22.3 Å². The maximum Gasteiger partial charge on any atom is 0.163 e. The molecule has 2 heterocycles. The van der Waals surface area contributed by atoms with E-state index in [1.54, 1.807) is 24.5 Å². The Labute approximate surface area is 150 Å². The van der Waals surface area contributed by atoms with Crippen LogP contribution >= 0.6 is 0 Å². The second-order valence-corrected chi connectivity index (χ2v) is 5.96. The zero-order chi connectivity index (χ0) is 17.8.